The van der Waals surface area contributed by atoms with Gasteiger partial charge in [0.25, 0.3) is 0 Å². The first-order valence-corrected chi connectivity index (χ1v) is 8.59. The Hall–Kier alpha value is -1.09. The number of pyridine rings is 1. The summed E-state index contributed by atoms with van der Waals surface area (Å²) in [5.74, 6) is 0. The summed E-state index contributed by atoms with van der Waals surface area (Å²) in [6.07, 6.45) is 2.18. The molecule has 0 fully saturated rings. The fraction of sp³-hybridized carbons (Fsp3) is 0.538. The Morgan fingerprint density at radius 3 is 2.76 bits per heavy atom. The summed E-state index contributed by atoms with van der Waals surface area (Å²) in [5, 5.41) is 0. The van der Waals surface area contributed by atoms with E-state index in [0.717, 1.165) is 13.0 Å². The highest BCUT2D eigenvalue weighted by Gasteiger charge is 2.20. The van der Waals surface area contributed by atoms with E-state index in [-0.39, 0.29) is 15.6 Å². The van der Waals surface area contributed by atoms with Crippen LogP contribution < -0.4 is 10.5 Å². The highest BCUT2D eigenvalue weighted by atomic mass is 32.2. The van der Waals surface area contributed by atoms with Crippen LogP contribution in [0.15, 0.2) is 23.2 Å². The molecule has 0 saturated carbocycles. The predicted molar refractivity (Wildman–Crippen MR) is 87.7 cm³/mol. The zero-order chi connectivity index (χ0) is 16.0. The van der Waals surface area contributed by atoms with Gasteiger partial charge in [-0.05, 0) is 46.0 Å². The Labute approximate surface area is 131 Å². The summed E-state index contributed by atoms with van der Waals surface area (Å²) < 4.78 is 27.1. The molecule has 1 rings (SSSR count). The summed E-state index contributed by atoms with van der Waals surface area (Å²) in [4.78, 5) is 6.07. The van der Waals surface area contributed by atoms with E-state index in [1.54, 1.807) is 6.07 Å². The van der Waals surface area contributed by atoms with Gasteiger partial charge in [-0.25, -0.2) is 13.1 Å². The van der Waals surface area contributed by atoms with Crippen molar-refractivity contribution in [2.45, 2.75) is 31.2 Å². The van der Waals surface area contributed by atoms with Crippen LogP contribution in [0, 0.1) is 0 Å². The van der Waals surface area contributed by atoms with Gasteiger partial charge in [-0.15, -0.1) is 0 Å². The van der Waals surface area contributed by atoms with Gasteiger partial charge < -0.3 is 10.6 Å². The average Bonchev–Trinajstić information content (AvgIpc) is 2.43. The fourth-order valence-corrected chi connectivity index (χ4v) is 3.13. The van der Waals surface area contributed by atoms with E-state index in [0.29, 0.717) is 12.6 Å². The second-order valence-electron chi connectivity index (χ2n) is 5.04. The molecule has 6 nitrogen and oxygen atoms in total. The van der Waals surface area contributed by atoms with E-state index >= 15 is 0 Å². The molecule has 0 aliphatic rings. The zero-order valence-electron chi connectivity index (χ0n) is 12.5. The molecule has 0 bridgehead atoms. The molecule has 118 valence electrons. The summed E-state index contributed by atoms with van der Waals surface area (Å²) in [5.41, 5.74) is 5.63. The molecule has 1 heterocycles. The lowest BCUT2D eigenvalue weighted by atomic mass is 10.3. The lowest BCUT2D eigenvalue weighted by molar-refractivity contribution is 0.271. The Bertz CT molecular complexity index is 588. The molecule has 0 radical (unpaired) electrons. The van der Waals surface area contributed by atoms with E-state index < -0.39 is 10.0 Å². The summed E-state index contributed by atoms with van der Waals surface area (Å²) in [7, 11) is -1.65. The largest absolute Gasteiger partial charge is 0.388 e. The van der Waals surface area contributed by atoms with Gasteiger partial charge in [0.05, 0.1) is 0 Å². The van der Waals surface area contributed by atoms with Crippen LogP contribution in [0.4, 0.5) is 0 Å². The van der Waals surface area contributed by atoms with Crippen molar-refractivity contribution in [3.05, 3.63) is 24.0 Å². The second kappa shape index (κ2) is 7.79. The Balaban J connectivity index is 2.69. The van der Waals surface area contributed by atoms with E-state index in [1.165, 1.54) is 12.3 Å². The van der Waals surface area contributed by atoms with Crippen LogP contribution in [0.25, 0.3) is 0 Å². The monoisotopic (exact) mass is 330 g/mol. The van der Waals surface area contributed by atoms with Crippen molar-refractivity contribution >= 4 is 27.2 Å². The molecule has 0 aromatic carbocycles. The maximum Gasteiger partial charge on any atom is 0.242 e. The lowest BCUT2D eigenvalue weighted by Crippen LogP contribution is -2.32. The Morgan fingerprint density at radius 2 is 2.19 bits per heavy atom. The van der Waals surface area contributed by atoms with Gasteiger partial charge >= 0.3 is 0 Å². The zero-order valence-corrected chi connectivity index (χ0v) is 14.2. The normalized spacial score (nSPS) is 12.0. The van der Waals surface area contributed by atoms with Crippen molar-refractivity contribution in [1.82, 2.24) is 14.6 Å². The quantitative estimate of drug-likeness (QED) is 0.539. The summed E-state index contributed by atoms with van der Waals surface area (Å²) in [6.45, 7) is 5.35. The topological polar surface area (TPSA) is 88.3 Å². The third-order valence-corrected chi connectivity index (χ3v) is 4.84. The van der Waals surface area contributed by atoms with Gasteiger partial charge in [0.1, 0.15) is 15.6 Å². The van der Waals surface area contributed by atoms with Crippen molar-refractivity contribution in [3.8, 4) is 0 Å². The van der Waals surface area contributed by atoms with Crippen molar-refractivity contribution in [2.75, 3.05) is 20.1 Å². The van der Waals surface area contributed by atoms with Gasteiger partial charge in [0, 0.05) is 18.8 Å². The number of hydrogen-bond acceptors (Lipinski definition) is 5. The lowest BCUT2D eigenvalue weighted by Gasteiger charge is -2.20. The van der Waals surface area contributed by atoms with Crippen LogP contribution in [-0.2, 0) is 10.0 Å². The Kier molecular flexibility index (Phi) is 6.66. The molecule has 0 amide bonds. The van der Waals surface area contributed by atoms with Crippen molar-refractivity contribution in [3.63, 3.8) is 0 Å². The number of nitrogens with two attached hydrogens (primary N) is 1. The maximum absolute atomic E-state index is 12.3. The third-order valence-electron chi connectivity index (χ3n) is 3.15. The number of nitrogens with zero attached hydrogens (tertiary/aromatic N) is 2. The summed E-state index contributed by atoms with van der Waals surface area (Å²) >= 11 is 4.83. The third kappa shape index (κ3) is 5.31. The number of rotatable bonds is 8. The smallest absolute Gasteiger partial charge is 0.242 e. The van der Waals surface area contributed by atoms with Crippen LogP contribution in [0.2, 0.25) is 0 Å². The van der Waals surface area contributed by atoms with Gasteiger partial charge in [0.15, 0.2) is 0 Å². The molecule has 0 aliphatic heterocycles. The molecule has 0 unspecified atom stereocenters. The van der Waals surface area contributed by atoms with Gasteiger partial charge in [-0.2, -0.15) is 0 Å². The van der Waals surface area contributed by atoms with E-state index in [1.807, 2.05) is 7.05 Å². The first-order valence-electron chi connectivity index (χ1n) is 6.70. The Morgan fingerprint density at radius 1 is 1.52 bits per heavy atom. The van der Waals surface area contributed by atoms with Gasteiger partial charge in [0.2, 0.25) is 10.0 Å². The first kappa shape index (κ1) is 18.0. The fourth-order valence-electron chi connectivity index (χ4n) is 1.66. The van der Waals surface area contributed by atoms with E-state index in [9.17, 15) is 8.42 Å². The number of thiocarbonyl (C=S) groups is 1. The maximum atomic E-state index is 12.3. The van der Waals surface area contributed by atoms with Crippen molar-refractivity contribution < 1.29 is 8.42 Å². The molecule has 0 saturated heterocycles. The molecular formula is C13H22N4O2S2. The minimum absolute atomic E-state index is 0.0229. The van der Waals surface area contributed by atoms with Crippen molar-refractivity contribution in [2.24, 2.45) is 5.73 Å². The van der Waals surface area contributed by atoms with Crippen LogP contribution >= 0.6 is 12.2 Å². The SMILES string of the molecule is CC(C)N(C)CCCNS(=O)(=O)c1cccnc1C(N)=S. The van der Waals surface area contributed by atoms with E-state index in [4.69, 9.17) is 18.0 Å². The summed E-state index contributed by atoms with van der Waals surface area (Å²) in [6, 6.07) is 3.42. The number of hydrogen-bond donors (Lipinski definition) is 2. The number of sulfonamides is 1. The molecule has 1 aromatic heterocycles. The second-order valence-corrected chi connectivity index (χ2v) is 7.22. The average molecular weight is 330 g/mol. The highest BCUT2D eigenvalue weighted by molar-refractivity contribution is 7.89. The highest BCUT2D eigenvalue weighted by Crippen LogP contribution is 2.12. The molecule has 21 heavy (non-hydrogen) atoms. The molecule has 0 spiro atoms. The van der Waals surface area contributed by atoms with Crippen LogP contribution in [0.5, 0.6) is 0 Å². The number of nitrogens with one attached hydrogen (secondary N) is 1. The minimum atomic E-state index is -3.65. The van der Waals surface area contributed by atoms with E-state index in [2.05, 4.69) is 28.5 Å². The molecule has 8 heteroatoms. The van der Waals surface area contributed by atoms with Crippen LogP contribution in [0.3, 0.4) is 0 Å². The number of aromatic nitrogens is 1. The molecular weight excluding hydrogens is 308 g/mol. The molecule has 1 aromatic rings. The van der Waals surface area contributed by atoms with Crippen LogP contribution in [0.1, 0.15) is 26.0 Å². The molecule has 0 atom stereocenters. The standard InChI is InChI=1S/C13H22N4O2S2/c1-10(2)17(3)9-5-8-16-21(18,19)11-6-4-7-15-12(11)13(14)20/h4,6-7,10,16H,5,8-9H2,1-3H3,(H2,14,20). The van der Waals surface area contributed by atoms with Gasteiger partial charge in [-0.3, -0.25) is 4.98 Å². The molecule has 0 aliphatic carbocycles. The first-order chi connectivity index (χ1) is 9.75. The van der Waals surface area contributed by atoms with Gasteiger partial charge in [-0.1, -0.05) is 12.2 Å². The van der Waals surface area contributed by atoms with Crippen molar-refractivity contribution in [1.29, 1.82) is 0 Å². The van der Waals surface area contributed by atoms with Crippen LogP contribution in [-0.4, -0.2) is 49.5 Å². The minimum Gasteiger partial charge on any atom is -0.388 e. The molecule has 3 N–H and O–H groups in total. The predicted octanol–water partition coefficient (Wildman–Crippen LogP) is 0.724.